The number of hydrogen-bond acceptors (Lipinski definition) is 3. The molecule has 0 spiro atoms. The van der Waals surface area contributed by atoms with Crippen molar-refractivity contribution in [3.63, 3.8) is 0 Å². The molecule has 3 nitrogen and oxygen atoms in total. The maximum atomic E-state index is 12.6. The number of carbonyl (C=O) groups excluding carboxylic acids is 1. The summed E-state index contributed by atoms with van der Waals surface area (Å²) in [6, 6.07) is 4.17. The van der Waals surface area contributed by atoms with Gasteiger partial charge in [0, 0.05) is 4.88 Å². The Balaban J connectivity index is 2.10. The van der Waals surface area contributed by atoms with Crippen molar-refractivity contribution in [3.05, 3.63) is 22.4 Å². The smallest absolute Gasteiger partial charge is 0.233 e. The Labute approximate surface area is 129 Å². The molecule has 0 radical (unpaired) electrons. The van der Waals surface area contributed by atoms with Crippen LogP contribution in [0.1, 0.15) is 50.4 Å². The highest BCUT2D eigenvalue weighted by molar-refractivity contribution is 7.80. The van der Waals surface area contributed by atoms with Gasteiger partial charge in [-0.2, -0.15) is 0 Å². The van der Waals surface area contributed by atoms with Gasteiger partial charge in [-0.3, -0.25) is 4.79 Å². The molecule has 1 aliphatic carbocycles. The van der Waals surface area contributed by atoms with Crippen LogP contribution in [-0.2, 0) is 4.79 Å². The van der Waals surface area contributed by atoms with E-state index in [1.54, 1.807) is 11.3 Å². The van der Waals surface area contributed by atoms with Gasteiger partial charge in [-0.05, 0) is 36.6 Å². The minimum Gasteiger partial charge on any atom is -0.392 e. The van der Waals surface area contributed by atoms with Crippen LogP contribution in [0.2, 0.25) is 0 Å². The second-order valence-electron chi connectivity index (χ2n) is 5.79. The Kier molecular flexibility index (Phi) is 4.81. The fourth-order valence-electron chi connectivity index (χ4n) is 2.99. The van der Waals surface area contributed by atoms with E-state index >= 15 is 0 Å². The Bertz CT molecular complexity index is 478. The van der Waals surface area contributed by atoms with Crippen LogP contribution < -0.4 is 11.1 Å². The highest BCUT2D eigenvalue weighted by Gasteiger charge is 2.51. The Hall–Kier alpha value is -0.940. The lowest BCUT2D eigenvalue weighted by atomic mass is 9.62. The minimum absolute atomic E-state index is 0.00921. The van der Waals surface area contributed by atoms with Gasteiger partial charge in [0.05, 0.1) is 16.4 Å². The van der Waals surface area contributed by atoms with Crippen molar-refractivity contribution < 1.29 is 4.79 Å². The van der Waals surface area contributed by atoms with Crippen molar-refractivity contribution in [2.75, 3.05) is 0 Å². The van der Waals surface area contributed by atoms with E-state index in [1.165, 1.54) is 4.88 Å². The molecular formula is C15H22N2OS2. The molecule has 3 N–H and O–H groups in total. The first kappa shape index (κ1) is 15.4. The van der Waals surface area contributed by atoms with Gasteiger partial charge in [-0.15, -0.1) is 11.3 Å². The van der Waals surface area contributed by atoms with Crippen LogP contribution in [-0.4, -0.2) is 10.9 Å². The zero-order valence-corrected chi connectivity index (χ0v) is 13.7. The highest BCUT2D eigenvalue weighted by Crippen LogP contribution is 2.46. The first-order valence-electron chi connectivity index (χ1n) is 7.14. The minimum atomic E-state index is -0.613. The molecule has 1 heterocycles. The van der Waals surface area contributed by atoms with Crippen LogP contribution in [0, 0.1) is 11.3 Å². The van der Waals surface area contributed by atoms with Crippen molar-refractivity contribution in [3.8, 4) is 0 Å². The SMILES string of the molecule is CCCC(NC(=O)C1(C(N)=S)CC(C)C1)c1cccs1. The summed E-state index contributed by atoms with van der Waals surface area (Å²) in [7, 11) is 0. The molecule has 1 aliphatic rings. The second kappa shape index (κ2) is 6.22. The van der Waals surface area contributed by atoms with E-state index in [0.29, 0.717) is 10.9 Å². The molecule has 1 saturated carbocycles. The number of thiocarbonyl (C=S) groups is 1. The molecule has 0 aromatic carbocycles. The number of nitrogens with one attached hydrogen (secondary N) is 1. The predicted octanol–water partition coefficient (Wildman–Crippen LogP) is 3.41. The van der Waals surface area contributed by atoms with Crippen molar-refractivity contribution in [1.82, 2.24) is 5.32 Å². The fraction of sp³-hybridized carbons (Fsp3) is 0.600. The van der Waals surface area contributed by atoms with Crippen LogP contribution >= 0.6 is 23.6 Å². The van der Waals surface area contributed by atoms with Gasteiger partial charge in [-0.1, -0.05) is 38.6 Å². The van der Waals surface area contributed by atoms with E-state index in [9.17, 15) is 4.79 Å². The number of nitrogens with two attached hydrogens (primary N) is 1. The number of thiophene rings is 1. The molecule has 2 rings (SSSR count). The number of rotatable bonds is 6. The van der Waals surface area contributed by atoms with E-state index in [4.69, 9.17) is 18.0 Å². The van der Waals surface area contributed by atoms with Crippen LogP contribution in [0.15, 0.2) is 17.5 Å². The highest BCUT2D eigenvalue weighted by atomic mass is 32.1. The van der Waals surface area contributed by atoms with E-state index in [-0.39, 0.29) is 11.9 Å². The maximum absolute atomic E-state index is 12.6. The summed E-state index contributed by atoms with van der Waals surface area (Å²) in [5.41, 5.74) is 5.22. The Morgan fingerprint density at radius 3 is 2.80 bits per heavy atom. The fourth-order valence-corrected chi connectivity index (χ4v) is 4.06. The summed E-state index contributed by atoms with van der Waals surface area (Å²) < 4.78 is 0. The van der Waals surface area contributed by atoms with Crippen molar-refractivity contribution in [2.45, 2.75) is 45.6 Å². The largest absolute Gasteiger partial charge is 0.392 e. The third-order valence-corrected chi connectivity index (χ3v) is 5.45. The van der Waals surface area contributed by atoms with Gasteiger partial charge in [0.1, 0.15) is 0 Å². The van der Waals surface area contributed by atoms with Crippen LogP contribution in [0.25, 0.3) is 0 Å². The zero-order chi connectivity index (χ0) is 14.8. The van der Waals surface area contributed by atoms with Gasteiger partial charge in [0.15, 0.2) is 0 Å². The van der Waals surface area contributed by atoms with Gasteiger partial charge < -0.3 is 11.1 Å². The molecule has 0 bridgehead atoms. The third kappa shape index (κ3) is 2.88. The van der Waals surface area contributed by atoms with E-state index in [1.807, 2.05) is 11.4 Å². The summed E-state index contributed by atoms with van der Waals surface area (Å²) in [6.07, 6.45) is 3.52. The van der Waals surface area contributed by atoms with Crippen LogP contribution in [0.4, 0.5) is 0 Å². The topological polar surface area (TPSA) is 55.1 Å². The molecule has 1 aromatic heterocycles. The molecule has 110 valence electrons. The summed E-state index contributed by atoms with van der Waals surface area (Å²) in [5, 5.41) is 5.21. The molecular weight excluding hydrogens is 288 g/mol. The average molecular weight is 310 g/mol. The van der Waals surface area contributed by atoms with Crippen molar-refractivity contribution in [1.29, 1.82) is 0 Å². The third-order valence-electron chi connectivity index (χ3n) is 4.07. The molecule has 1 amide bonds. The molecule has 1 aromatic rings. The average Bonchev–Trinajstić information content (AvgIpc) is 2.87. The van der Waals surface area contributed by atoms with E-state index in [0.717, 1.165) is 25.7 Å². The first-order valence-corrected chi connectivity index (χ1v) is 8.42. The summed E-state index contributed by atoms with van der Waals surface area (Å²) >= 11 is 6.83. The first-order chi connectivity index (χ1) is 9.49. The molecule has 1 atom stereocenters. The lowest BCUT2D eigenvalue weighted by molar-refractivity contribution is -0.133. The monoisotopic (exact) mass is 310 g/mol. The van der Waals surface area contributed by atoms with Gasteiger partial charge in [0.2, 0.25) is 5.91 Å². The normalized spacial score (nSPS) is 26.6. The van der Waals surface area contributed by atoms with Gasteiger partial charge >= 0.3 is 0 Å². The van der Waals surface area contributed by atoms with Gasteiger partial charge in [0.25, 0.3) is 0 Å². The lowest BCUT2D eigenvalue weighted by Crippen LogP contribution is -2.56. The second-order valence-corrected chi connectivity index (χ2v) is 7.21. The maximum Gasteiger partial charge on any atom is 0.233 e. The van der Waals surface area contributed by atoms with E-state index < -0.39 is 5.41 Å². The Morgan fingerprint density at radius 1 is 1.65 bits per heavy atom. The molecule has 5 heteroatoms. The van der Waals surface area contributed by atoms with Crippen LogP contribution in [0.5, 0.6) is 0 Å². The number of hydrogen-bond donors (Lipinski definition) is 2. The standard InChI is InChI=1S/C15H22N2OS2/c1-3-5-11(12-6-4-7-20-12)17-14(18)15(13(16)19)8-10(2)9-15/h4,6-7,10-11H,3,5,8-9H2,1-2H3,(H2,16,19)(H,17,18). The molecule has 0 aliphatic heterocycles. The van der Waals surface area contributed by atoms with Gasteiger partial charge in [-0.25, -0.2) is 0 Å². The summed E-state index contributed by atoms with van der Waals surface area (Å²) in [6.45, 7) is 4.26. The molecule has 0 saturated heterocycles. The molecule has 1 fully saturated rings. The van der Waals surface area contributed by atoms with Crippen molar-refractivity contribution in [2.24, 2.45) is 17.1 Å². The lowest BCUT2D eigenvalue weighted by Gasteiger charge is -2.44. The van der Waals surface area contributed by atoms with E-state index in [2.05, 4.69) is 25.2 Å². The molecule has 20 heavy (non-hydrogen) atoms. The zero-order valence-electron chi connectivity index (χ0n) is 12.0. The Morgan fingerprint density at radius 2 is 2.35 bits per heavy atom. The number of carbonyl (C=O) groups is 1. The number of amides is 1. The predicted molar refractivity (Wildman–Crippen MR) is 87.7 cm³/mol. The summed E-state index contributed by atoms with van der Waals surface area (Å²) in [5.74, 6) is 0.531. The van der Waals surface area contributed by atoms with Crippen molar-refractivity contribution >= 4 is 34.5 Å². The summed E-state index contributed by atoms with van der Waals surface area (Å²) in [4.78, 5) is 14.2. The molecule has 1 unspecified atom stereocenters. The quantitative estimate of drug-likeness (QED) is 0.792. The van der Waals surface area contributed by atoms with Crippen LogP contribution in [0.3, 0.4) is 0 Å².